The van der Waals surface area contributed by atoms with E-state index in [9.17, 15) is 19.2 Å². The molecule has 0 spiro atoms. The lowest BCUT2D eigenvalue weighted by Crippen LogP contribution is -2.02. The molecule has 12 nitrogen and oxygen atoms in total. The van der Waals surface area contributed by atoms with Gasteiger partial charge in [-0.15, -0.1) is 0 Å². The van der Waals surface area contributed by atoms with Gasteiger partial charge in [0.1, 0.15) is 23.0 Å². The number of ether oxygens (including phenoxy) is 4. The lowest BCUT2D eigenvalue weighted by Gasteiger charge is -2.06. The SMILES string of the molecule is CC(=O)Oc1ccc(/C=C/C2=Nc3cc4c(cc3N=C(/C=C/c3ccc(OC(C)=O)cc3)C2)N=C(/C=C/c2ccc(OC(C)=O)cc2)CC(/C=C/c2ccc(OC(C)=O)cc2)=N4)cc1. The van der Waals surface area contributed by atoms with Gasteiger partial charge in [-0.05, 0) is 107 Å². The summed E-state index contributed by atoms with van der Waals surface area (Å²) in [6, 6.07) is 32.5. The molecule has 318 valence electrons. The van der Waals surface area contributed by atoms with Crippen LogP contribution < -0.4 is 18.9 Å². The fourth-order valence-electron chi connectivity index (χ4n) is 6.47. The number of benzene rings is 5. The summed E-state index contributed by atoms with van der Waals surface area (Å²) in [5.41, 5.74) is 8.87. The van der Waals surface area contributed by atoms with Gasteiger partial charge in [0.2, 0.25) is 0 Å². The van der Waals surface area contributed by atoms with Gasteiger partial charge in [-0.2, -0.15) is 0 Å². The maximum atomic E-state index is 11.4. The Morgan fingerprint density at radius 2 is 0.547 bits per heavy atom. The molecule has 0 N–H and O–H groups in total. The van der Waals surface area contributed by atoms with E-state index >= 15 is 0 Å². The second kappa shape index (κ2) is 20.5. The topological polar surface area (TPSA) is 155 Å². The number of fused-ring (bicyclic) bond motifs is 2. The molecule has 0 amide bonds. The summed E-state index contributed by atoms with van der Waals surface area (Å²) in [4.78, 5) is 66.2. The van der Waals surface area contributed by atoms with Crippen LogP contribution in [0.1, 0.15) is 62.8 Å². The molecular formula is C52H42N4O8. The summed E-state index contributed by atoms with van der Waals surface area (Å²) in [5, 5.41) is 0. The predicted molar refractivity (Wildman–Crippen MR) is 251 cm³/mol. The lowest BCUT2D eigenvalue weighted by atomic mass is 10.1. The molecule has 0 saturated heterocycles. The fourth-order valence-corrected chi connectivity index (χ4v) is 6.47. The molecule has 0 aliphatic carbocycles. The number of nitrogens with zero attached hydrogens (tertiary/aromatic N) is 4. The van der Waals surface area contributed by atoms with E-state index < -0.39 is 23.9 Å². The van der Waals surface area contributed by atoms with Crippen LogP contribution in [0.15, 0.2) is 153 Å². The van der Waals surface area contributed by atoms with Gasteiger partial charge in [-0.3, -0.25) is 39.1 Å². The molecular weight excluding hydrogens is 809 g/mol. The van der Waals surface area contributed by atoms with Crippen molar-refractivity contribution >= 4 is 93.8 Å². The van der Waals surface area contributed by atoms with E-state index in [-0.39, 0.29) is 0 Å². The van der Waals surface area contributed by atoms with E-state index in [1.54, 1.807) is 48.5 Å². The molecule has 12 heteroatoms. The molecule has 0 saturated carbocycles. The number of carbonyl (C=O) groups is 4. The van der Waals surface area contributed by atoms with Crippen LogP contribution in [-0.4, -0.2) is 46.7 Å². The minimum atomic E-state index is -0.393. The summed E-state index contributed by atoms with van der Waals surface area (Å²) in [6.45, 7) is 5.44. The largest absolute Gasteiger partial charge is 0.427 e. The maximum Gasteiger partial charge on any atom is 0.308 e. The third kappa shape index (κ3) is 12.8. The number of esters is 4. The molecule has 0 radical (unpaired) electrons. The number of rotatable bonds is 12. The second-order valence-corrected chi connectivity index (χ2v) is 14.6. The van der Waals surface area contributed by atoms with E-state index in [1.165, 1.54) is 27.7 Å². The smallest absolute Gasteiger partial charge is 0.308 e. The van der Waals surface area contributed by atoms with Crippen molar-refractivity contribution in [1.82, 2.24) is 0 Å². The first-order chi connectivity index (χ1) is 30.9. The molecule has 5 aromatic rings. The monoisotopic (exact) mass is 850 g/mol. The highest BCUT2D eigenvalue weighted by Gasteiger charge is 2.18. The first-order valence-electron chi connectivity index (χ1n) is 20.2. The van der Waals surface area contributed by atoms with Crippen molar-refractivity contribution in [3.8, 4) is 23.0 Å². The summed E-state index contributed by atoms with van der Waals surface area (Å²) in [5.74, 6) is 0.241. The third-order valence-electron chi connectivity index (χ3n) is 9.29. The van der Waals surface area contributed by atoms with Crippen LogP contribution in [-0.2, 0) is 19.2 Å². The molecule has 64 heavy (non-hydrogen) atoms. The first-order valence-corrected chi connectivity index (χ1v) is 20.2. The van der Waals surface area contributed by atoms with Crippen LogP contribution in [0.5, 0.6) is 23.0 Å². The minimum absolute atomic E-state index is 0.393. The molecule has 0 aromatic heterocycles. The number of allylic oxidation sites excluding steroid dienone is 4. The minimum Gasteiger partial charge on any atom is -0.427 e. The zero-order chi connectivity index (χ0) is 45.0. The van der Waals surface area contributed by atoms with Crippen LogP contribution in [0.25, 0.3) is 24.3 Å². The Morgan fingerprint density at radius 3 is 0.734 bits per heavy atom. The van der Waals surface area contributed by atoms with E-state index in [0.29, 0.717) is 58.6 Å². The Kier molecular flexibility index (Phi) is 14.0. The van der Waals surface area contributed by atoms with Crippen molar-refractivity contribution < 1.29 is 38.1 Å². The van der Waals surface area contributed by atoms with E-state index in [1.807, 2.05) is 109 Å². The Hall–Kier alpha value is -8.38. The molecule has 7 rings (SSSR count). The van der Waals surface area contributed by atoms with Crippen LogP contribution in [0.2, 0.25) is 0 Å². The van der Waals surface area contributed by atoms with E-state index in [4.69, 9.17) is 38.9 Å². The molecule has 5 aromatic carbocycles. The number of hydrogen-bond donors (Lipinski definition) is 0. The highest BCUT2D eigenvalue weighted by molar-refractivity contribution is 6.20. The Balaban J connectivity index is 1.27. The Morgan fingerprint density at radius 1 is 0.344 bits per heavy atom. The normalized spacial score (nSPS) is 13.6. The Labute approximate surface area is 370 Å². The number of carbonyl (C=O) groups excluding carboxylic acids is 4. The van der Waals surface area contributed by atoms with Gasteiger partial charge in [0.05, 0.1) is 22.7 Å². The summed E-state index contributed by atoms with van der Waals surface area (Å²) < 4.78 is 20.8. The molecule has 0 atom stereocenters. The van der Waals surface area contributed by atoms with Crippen molar-refractivity contribution in [2.75, 3.05) is 0 Å². The summed E-state index contributed by atoms with van der Waals surface area (Å²) >= 11 is 0. The predicted octanol–water partition coefficient (Wildman–Crippen LogP) is 11.3. The average molecular weight is 851 g/mol. The van der Waals surface area contributed by atoms with Crippen molar-refractivity contribution in [3.63, 3.8) is 0 Å². The lowest BCUT2D eigenvalue weighted by molar-refractivity contribution is -0.132. The van der Waals surface area contributed by atoms with E-state index in [2.05, 4.69) is 0 Å². The van der Waals surface area contributed by atoms with Crippen LogP contribution in [0.3, 0.4) is 0 Å². The van der Waals surface area contributed by atoms with Crippen molar-refractivity contribution in [2.45, 2.75) is 40.5 Å². The molecule has 2 aliphatic rings. The molecule has 0 unspecified atom stereocenters. The first kappa shape index (κ1) is 43.7. The van der Waals surface area contributed by atoms with Gasteiger partial charge in [-0.1, -0.05) is 72.8 Å². The molecule has 0 bridgehead atoms. The standard InChI is InChI=1S/C52H42N4O8/c1-33(57)61-45-21-9-37(10-22-45)5-17-41-29-42(18-6-38-11-23-46(24-12-38)62-34(2)58)54-50-32-52-51(31-49(50)53-41)55-43(19-7-39-13-25-47(26-14-39)63-35(3)59)30-44(56-52)20-8-40-15-27-48(28-16-40)64-36(4)60/h5-28,31-32H,29-30H2,1-4H3/b17-5+,18-6+,19-7+,20-8+. The third-order valence-corrected chi connectivity index (χ3v) is 9.29. The van der Waals surface area contributed by atoms with E-state index in [0.717, 1.165) is 45.1 Å². The zero-order valence-electron chi connectivity index (χ0n) is 35.5. The summed E-state index contributed by atoms with van der Waals surface area (Å²) in [7, 11) is 0. The van der Waals surface area contributed by atoms with Crippen molar-refractivity contribution in [1.29, 1.82) is 0 Å². The van der Waals surface area contributed by atoms with Crippen LogP contribution in [0.4, 0.5) is 22.7 Å². The quantitative estimate of drug-likeness (QED) is 0.0887. The van der Waals surface area contributed by atoms with Gasteiger partial charge in [-0.25, -0.2) is 0 Å². The second-order valence-electron chi connectivity index (χ2n) is 14.6. The highest BCUT2D eigenvalue weighted by atomic mass is 16.5. The van der Waals surface area contributed by atoms with Gasteiger partial charge < -0.3 is 18.9 Å². The van der Waals surface area contributed by atoms with Crippen molar-refractivity contribution in [2.24, 2.45) is 20.0 Å². The fraction of sp³-hybridized carbons (Fsp3) is 0.115. The zero-order valence-corrected chi connectivity index (χ0v) is 35.5. The van der Waals surface area contributed by atoms with Crippen molar-refractivity contribution in [3.05, 3.63) is 156 Å². The van der Waals surface area contributed by atoms with Gasteiger partial charge in [0.25, 0.3) is 0 Å². The van der Waals surface area contributed by atoms with Gasteiger partial charge in [0, 0.05) is 63.4 Å². The molecule has 2 aliphatic heterocycles. The molecule has 0 fully saturated rings. The average Bonchev–Trinajstić information content (AvgIpc) is 3.54. The van der Waals surface area contributed by atoms with Gasteiger partial charge in [0.15, 0.2) is 0 Å². The Bertz CT molecular complexity index is 2460. The van der Waals surface area contributed by atoms with Gasteiger partial charge >= 0.3 is 23.9 Å². The highest BCUT2D eigenvalue weighted by Crippen LogP contribution is 2.43. The van der Waals surface area contributed by atoms with Crippen LogP contribution in [0, 0.1) is 0 Å². The maximum absolute atomic E-state index is 11.4. The molecule has 2 heterocycles. The number of hydrogen-bond acceptors (Lipinski definition) is 12. The van der Waals surface area contributed by atoms with Crippen LogP contribution >= 0.6 is 0 Å². The summed E-state index contributed by atoms with van der Waals surface area (Å²) in [6.07, 6.45) is 16.3. The number of aliphatic imine (C=N–C) groups is 4.